The van der Waals surface area contributed by atoms with E-state index in [1.54, 1.807) is 6.07 Å². The zero-order chi connectivity index (χ0) is 12.6. The minimum atomic E-state index is -2.87. The highest BCUT2D eigenvalue weighted by Gasteiger charge is 2.43. The number of benzene rings is 1. The predicted molar refractivity (Wildman–Crippen MR) is 62.4 cm³/mol. The second-order valence-electron chi connectivity index (χ2n) is 4.63. The lowest BCUT2D eigenvalue weighted by Gasteiger charge is -2.26. The number of rotatable bonds is 2. The van der Waals surface area contributed by atoms with E-state index in [-0.39, 0.29) is 5.56 Å². The van der Waals surface area contributed by atoms with Crippen molar-refractivity contribution in [1.82, 2.24) is 5.32 Å². The molecular weight excluding hydrogens is 240 g/mol. The molecule has 2 heterocycles. The first-order valence-electron chi connectivity index (χ1n) is 6.19. The molecule has 18 heavy (non-hydrogen) atoms. The Morgan fingerprint density at radius 2 is 1.94 bits per heavy atom. The van der Waals surface area contributed by atoms with Gasteiger partial charge in [0.15, 0.2) is 11.5 Å². The summed E-state index contributed by atoms with van der Waals surface area (Å²) in [6, 6.07) is 3.61. The Hall–Kier alpha value is -1.36. The molecule has 0 aliphatic carbocycles. The first-order valence-corrected chi connectivity index (χ1v) is 6.19. The van der Waals surface area contributed by atoms with Gasteiger partial charge in [0.2, 0.25) is 0 Å². The van der Waals surface area contributed by atoms with Gasteiger partial charge >= 0.3 is 0 Å². The Labute approximate surface area is 104 Å². The first kappa shape index (κ1) is 11.7. The number of ether oxygens (including phenoxy) is 2. The van der Waals surface area contributed by atoms with Crippen molar-refractivity contribution in [3.63, 3.8) is 0 Å². The Morgan fingerprint density at radius 1 is 1.17 bits per heavy atom. The van der Waals surface area contributed by atoms with Crippen LogP contribution in [0.3, 0.4) is 0 Å². The van der Waals surface area contributed by atoms with Crippen molar-refractivity contribution in [2.45, 2.75) is 24.8 Å². The first-order chi connectivity index (χ1) is 8.68. The largest absolute Gasteiger partial charge is 0.486 e. The van der Waals surface area contributed by atoms with E-state index < -0.39 is 12.0 Å². The lowest BCUT2D eigenvalue weighted by Crippen LogP contribution is -2.38. The van der Waals surface area contributed by atoms with Crippen LogP contribution in [-0.4, -0.2) is 25.8 Å². The number of fused-ring (bicyclic) bond motifs is 1. The van der Waals surface area contributed by atoms with Crippen LogP contribution in [-0.2, 0) is 5.92 Å². The van der Waals surface area contributed by atoms with Crippen LogP contribution >= 0.6 is 0 Å². The molecule has 3 nitrogen and oxygen atoms in total. The second-order valence-corrected chi connectivity index (χ2v) is 4.63. The number of hydrogen-bond donors (Lipinski definition) is 1. The maximum Gasteiger partial charge on any atom is 0.288 e. The molecule has 0 amide bonds. The minimum Gasteiger partial charge on any atom is -0.486 e. The van der Waals surface area contributed by atoms with Gasteiger partial charge in [0.1, 0.15) is 13.2 Å². The van der Waals surface area contributed by atoms with Gasteiger partial charge in [-0.25, -0.2) is 0 Å². The van der Waals surface area contributed by atoms with Crippen molar-refractivity contribution >= 4 is 0 Å². The number of halogens is 2. The van der Waals surface area contributed by atoms with Crippen molar-refractivity contribution in [3.05, 3.63) is 23.8 Å². The number of nitrogens with one attached hydrogen (secondary N) is 1. The van der Waals surface area contributed by atoms with Crippen LogP contribution in [0, 0.1) is 0 Å². The van der Waals surface area contributed by atoms with Gasteiger partial charge in [-0.3, -0.25) is 0 Å². The highest BCUT2D eigenvalue weighted by Crippen LogP contribution is 2.40. The highest BCUT2D eigenvalue weighted by molar-refractivity contribution is 5.45. The van der Waals surface area contributed by atoms with Gasteiger partial charge in [0.05, 0.1) is 6.04 Å². The van der Waals surface area contributed by atoms with Gasteiger partial charge in [-0.2, -0.15) is 8.78 Å². The molecule has 0 bridgehead atoms. The minimum absolute atomic E-state index is 0.00819. The quantitative estimate of drug-likeness (QED) is 0.879. The summed E-state index contributed by atoms with van der Waals surface area (Å²) < 4.78 is 39.2. The summed E-state index contributed by atoms with van der Waals surface area (Å²) in [6.45, 7) is 1.53. The van der Waals surface area contributed by atoms with Gasteiger partial charge in [-0.05, 0) is 37.6 Å². The molecule has 2 aliphatic heterocycles. The van der Waals surface area contributed by atoms with Crippen molar-refractivity contribution < 1.29 is 18.3 Å². The molecule has 1 saturated heterocycles. The van der Waals surface area contributed by atoms with E-state index in [2.05, 4.69) is 5.32 Å². The van der Waals surface area contributed by atoms with Crippen LogP contribution in [0.5, 0.6) is 11.5 Å². The Balaban J connectivity index is 1.91. The van der Waals surface area contributed by atoms with Crippen LogP contribution < -0.4 is 14.8 Å². The molecule has 1 fully saturated rings. The maximum absolute atomic E-state index is 14.3. The maximum atomic E-state index is 14.3. The van der Waals surface area contributed by atoms with Crippen LogP contribution in [0.2, 0.25) is 0 Å². The van der Waals surface area contributed by atoms with Gasteiger partial charge in [0, 0.05) is 5.56 Å². The average molecular weight is 255 g/mol. The molecule has 1 atom stereocenters. The van der Waals surface area contributed by atoms with Crippen molar-refractivity contribution in [3.8, 4) is 11.5 Å². The normalized spacial score (nSPS) is 23.1. The fourth-order valence-corrected chi connectivity index (χ4v) is 2.45. The molecule has 0 aromatic heterocycles. The third-order valence-corrected chi connectivity index (χ3v) is 3.43. The van der Waals surface area contributed by atoms with E-state index in [1.165, 1.54) is 12.1 Å². The van der Waals surface area contributed by atoms with E-state index in [1.807, 2.05) is 0 Å². The van der Waals surface area contributed by atoms with Crippen molar-refractivity contribution in [1.29, 1.82) is 0 Å². The van der Waals surface area contributed by atoms with Gasteiger partial charge < -0.3 is 14.8 Å². The zero-order valence-corrected chi connectivity index (χ0v) is 9.92. The van der Waals surface area contributed by atoms with E-state index in [0.29, 0.717) is 37.7 Å². The summed E-state index contributed by atoms with van der Waals surface area (Å²) in [4.78, 5) is 0. The van der Waals surface area contributed by atoms with Gasteiger partial charge in [0.25, 0.3) is 5.92 Å². The number of hydrogen-bond acceptors (Lipinski definition) is 3. The Kier molecular flexibility index (Phi) is 2.86. The summed E-state index contributed by atoms with van der Waals surface area (Å²) in [6.07, 6.45) is 1.30. The Bertz CT molecular complexity index is 445. The highest BCUT2D eigenvalue weighted by atomic mass is 19.3. The summed E-state index contributed by atoms with van der Waals surface area (Å²) in [5, 5.41) is 2.85. The predicted octanol–water partition coefficient (Wildman–Crippen LogP) is 2.30. The monoisotopic (exact) mass is 255 g/mol. The van der Waals surface area contributed by atoms with E-state index in [4.69, 9.17) is 9.47 Å². The molecule has 0 spiro atoms. The second kappa shape index (κ2) is 4.39. The van der Waals surface area contributed by atoms with Crippen molar-refractivity contribution in [2.24, 2.45) is 0 Å². The topological polar surface area (TPSA) is 30.5 Å². The standard InChI is InChI=1S/C13H15F2NO2/c14-13(15,12-2-1-5-16-12)9-3-4-10-11(8-9)18-7-6-17-10/h3-4,8,12,16H,1-2,5-7H2. The molecule has 1 unspecified atom stereocenters. The molecule has 3 rings (SSSR count). The summed E-state index contributed by atoms with van der Waals surface area (Å²) in [7, 11) is 0. The van der Waals surface area contributed by atoms with Crippen LogP contribution in [0.25, 0.3) is 0 Å². The molecule has 1 aromatic rings. The SMILES string of the molecule is FC(F)(c1ccc2c(c1)OCCO2)C1CCCN1. The summed E-state index contributed by atoms with van der Waals surface area (Å²) >= 11 is 0. The molecule has 5 heteroatoms. The lowest BCUT2D eigenvalue weighted by atomic mass is 9.99. The average Bonchev–Trinajstić information content (AvgIpc) is 2.92. The van der Waals surface area contributed by atoms with E-state index in [9.17, 15) is 8.78 Å². The van der Waals surface area contributed by atoms with Crippen LogP contribution in [0.1, 0.15) is 18.4 Å². The van der Waals surface area contributed by atoms with E-state index >= 15 is 0 Å². The Morgan fingerprint density at radius 3 is 2.67 bits per heavy atom. The third kappa shape index (κ3) is 1.92. The van der Waals surface area contributed by atoms with Crippen LogP contribution in [0.4, 0.5) is 8.78 Å². The molecule has 0 radical (unpaired) electrons. The van der Waals surface area contributed by atoms with E-state index in [0.717, 1.165) is 6.42 Å². The summed E-state index contributed by atoms with van der Waals surface area (Å²) in [5.74, 6) is -1.91. The zero-order valence-electron chi connectivity index (χ0n) is 9.92. The smallest absolute Gasteiger partial charge is 0.288 e. The van der Waals surface area contributed by atoms with Crippen LogP contribution in [0.15, 0.2) is 18.2 Å². The molecule has 1 N–H and O–H groups in total. The molecular formula is C13H15F2NO2. The van der Waals surface area contributed by atoms with Gasteiger partial charge in [-0.1, -0.05) is 0 Å². The third-order valence-electron chi connectivity index (χ3n) is 3.43. The van der Waals surface area contributed by atoms with Gasteiger partial charge in [-0.15, -0.1) is 0 Å². The lowest BCUT2D eigenvalue weighted by molar-refractivity contribution is -0.0379. The van der Waals surface area contributed by atoms with Crippen molar-refractivity contribution in [2.75, 3.05) is 19.8 Å². The molecule has 0 saturated carbocycles. The fraction of sp³-hybridized carbons (Fsp3) is 0.538. The molecule has 1 aromatic carbocycles. The molecule has 2 aliphatic rings. The fourth-order valence-electron chi connectivity index (χ4n) is 2.45. The number of alkyl halides is 2. The molecule has 98 valence electrons. The summed E-state index contributed by atoms with van der Waals surface area (Å²) in [5.41, 5.74) is -0.00819.